The van der Waals surface area contributed by atoms with Crippen molar-refractivity contribution in [3.8, 4) is 0 Å². The molecule has 7 nitrogen and oxygen atoms in total. The summed E-state index contributed by atoms with van der Waals surface area (Å²) in [6.45, 7) is 2.10. The van der Waals surface area contributed by atoms with E-state index in [0.29, 0.717) is 18.7 Å². The molecule has 0 saturated carbocycles. The number of hydrogen-bond donors (Lipinski definition) is 2. The highest BCUT2D eigenvalue weighted by atomic mass is 32.2. The highest BCUT2D eigenvalue weighted by Crippen LogP contribution is 2.14. The minimum atomic E-state index is -3.59. The molecule has 0 aliphatic heterocycles. The SMILES string of the molecule is COCc1nc(CCNS(=O)(=O)c2ccc(NC(C)=O)cc2)cs1. The number of benzene rings is 1. The zero-order valence-electron chi connectivity index (χ0n) is 13.4. The molecule has 24 heavy (non-hydrogen) atoms. The fourth-order valence-corrected chi connectivity index (χ4v) is 3.80. The maximum absolute atomic E-state index is 12.2. The van der Waals surface area contributed by atoms with Crippen LogP contribution in [0, 0.1) is 0 Å². The topological polar surface area (TPSA) is 97.4 Å². The Hall–Kier alpha value is -1.81. The van der Waals surface area contributed by atoms with Gasteiger partial charge in [-0.25, -0.2) is 18.1 Å². The van der Waals surface area contributed by atoms with Crippen molar-refractivity contribution in [3.05, 3.63) is 40.3 Å². The quantitative estimate of drug-likeness (QED) is 0.739. The summed E-state index contributed by atoms with van der Waals surface area (Å²) in [5.74, 6) is -0.208. The Labute approximate surface area is 145 Å². The molecular weight excluding hydrogens is 350 g/mol. The number of aromatic nitrogens is 1. The van der Waals surface area contributed by atoms with Gasteiger partial charge < -0.3 is 10.1 Å². The Morgan fingerprint density at radius 2 is 2.00 bits per heavy atom. The first-order valence-corrected chi connectivity index (χ1v) is 9.56. The number of amides is 1. The van der Waals surface area contributed by atoms with Crippen molar-refractivity contribution in [2.75, 3.05) is 19.0 Å². The average molecular weight is 369 g/mol. The third kappa shape index (κ3) is 5.38. The summed E-state index contributed by atoms with van der Waals surface area (Å²) < 4.78 is 32.0. The van der Waals surface area contributed by atoms with Gasteiger partial charge in [-0.2, -0.15) is 0 Å². The molecular formula is C15H19N3O4S2. The van der Waals surface area contributed by atoms with E-state index >= 15 is 0 Å². The van der Waals surface area contributed by atoms with Crippen LogP contribution in [-0.2, 0) is 32.6 Å². The first kappa shape index (κ1) is 18.5. The van der Waals surface area contributed by atoms with Gasteiger partial charge in [-0.1, -0.05) is 0 Å². The first-order valence-electron chi connectivity index (χ1n) is 7.20. The minimum Gasteiger partial charge on any atom is -0.378 e. The maximum Gasteiger partial charge on any atom is 0.240 e. The van der Waals surface area contributed by atoms with Crippen molar-refractivity contribution < 1.29 is 17.9 Å². The second-order valence-corrected chi connectivity index (χ2v) is 7.73. The van der Waals surface area contributed by atoms with E-state index in [1.807, 2.05) is 5.38 Å². The number of ether oxygens (including phenoxy) is 1. The Morgan fingerprint density at radius 3 is 2.62 bits per heavy atom. The second-order valence-electron chi connectivity index (χ2n) is 5.02. The highest BCUT2D eigenvalue weighted by molar-refractivity contribution is 7.89. The lowest BCUT2D eigenvalue weighted by Crippen LogP contribution is -2.26. The van der Waals surface area contributed by atoms with Crippen LogP contribution < -0.4 is 10.0 Å². The van der Waals surface area contributed by atoms with Gasteiger partial charge in [-0.15, -0.1) is 11.3 Å². The molecule has 1 aromatic heterocycles. The van der Waals surface area contributed by atoms with E-state index in [1.54, 1.807) is 19.2 Å². The van der Waals surface area contributed by atoms with Crippen LogP contribution in [0.15, 0.2) is 34.5 Å². The van der Waals surface area contributed by atoms with E-state index in [-0.39, 0.29) is 17.3 Å². The van der Waals surface area contributed by atoms with E-state index in [0.717, 1.165) is 10.7 Å². The van der Waals surface area contributed by atoms with E-state index in [1.165, 1.54) is 30.4 Å². The molecule has 1 amide bonds. The summed E-state index contributed by atoms with van der Waals surface area (Å²) in [6.07, 6.45) is 0.503. The number of sulfonamides is 1. The van der Waals surface area contributed by atoms with Gasteiger partial charge in [0.25, 0.3) is 0 Å². The average Bonchev–Trinajstić information content (AvgIpc) is 2.95. The summed E-state index contributed by atoms with van der Waals surface area (Å²) >= 11 is 1.49. The van der Waals surface area contributed by atoms with E-state index < -0.39 is 10.0 Å². The van der Waals surface area contributed by atoms with Gasteiger partial charge in [0, 0.05) is 38.1 Å². The van der Waals surface area contributed by atoms with Crippen LogP contribution in [0.25, 0.3) is 0 Å². The number of hydrogen-bond acceptors (Lipinski definition) is 6. The van der Waals surface area contributed by atoms with Crippen molar-refractivity contribution in [2.24, 2.45) is 0 Å². The Morgan fingerprint density at radius 1 is 1.29 bits per heavy atom. The van der Waals surface area contributed by atoms with Crippen molar-refractivity contribution in [1.29, 1.82) is 0 Å². The Bertz CT molecular complexity index is 785. The summed E-state index contributed by atoms with van der Waals surface area (Å²) in [7, 11) is -1.99. The standard InChI is InChI=1S/C15H19N3O4S2/c1-11(19)17-12-3-5-14(6-4-12)24(20,21)16-8-7-13-10-23-15(18-13)9-22-2/h3-6,10,16H,7-9H2,1-2H3,(H,17,19). The zero-order valence-corrected chi connectivity index (χ0v) is 15.0. The zero-order chi connectivity index (χ0) is 17.6. The van der Waals surface area contributed by atoms with Crippen LogP contribution in [0.5, 0.6) is 0 Å². The van der Waals surface area contributed by atoms with E-state index in [9.17, 15) is 13.2 Å². The van der Waals surface area contributed by atoms with Crippen LogP contribution in [-0.4, -0.2) is 33.0 Å². The lowest BCUT2D eigenvalue weighted by molar-refractivity contribution is -0.114. The van der Waals surface area contributed by atoms with Gasteiger partial charge in [0.1, 0.15) is 5.01 Å². The molecule has 9 heteroatoms. The summed E-state index contributed by atoms with van der Waals surface area (Å²) in [5.41, 5.74) is 1.38. The van der Waals surface area contributed by atoms with Gasteiger partial charge >= 0.3 is 0 Å². The van der Waals surface area contributed by atoms with Crippen LogP contribution in [0.1, 0.15) is 17.6 Å². The third-order valence-electron chi connectivity index (χ3n) is 3.03. The van der Waals surface area contributed by atoms with Crippen LogP contribution in [0.3, 0.4) is 0 Å². The van der Waals surface area contributed by atoms with Crippen molar-refractivity contribution >= 4 is 33.0 Å². The largest absolute Gasteiger partial charge is 0.378 e. The molecule has 1 heterocycles. The number of anilines is 1. The third-order valence-corrected chi connectivity index (χ3v) is 5.37. The second kappa shape index (κ2) is 8.34. The molecule has 0 atom stereocenters. The Balaban J connectivity index is 1.91. The van der Waals surface area contributed by atoms with Crippen LogP contribution >= 0.6 is 11.3 Å². The van der Waals surface area contributed by atoms with Gasteiger partial charge in [-0.3, -0.25) is 4.79 Å². The Kier molecular flexibility index (Phi) is 6.44. The lowest BCUT2D eigenvalue weighted by atomic mass is 10.3. The molecule has 0 radical (unpaired) electrons. The minimum absolute atomic E-state index is 0.148. The molecule has 0 spiro atoms. The van der Waals surface area contributed by atoms with Gasteiger partial charge in [0.15, 0.2) is 0 Å². The van der Waals surface area contributed by atoms with Crippen molar-refractivity contribution in [2.45, 2.75) is 24.8 Å². The van der Waals surface area contributed by atoms with E-state index in [2.05, 4.69) is 15.0 Å². The maximum atomic E-state index is 12.2. The van der Waals surface area contributed by atoms with Crippen LogP contribution in [0.2, 0.25) is 0 Å². The molecule has 0 unspecified atom stereocenters. The van der Waals surface area contributed by atoms with Crippen LogP contribution in [0.4, 0.5) is 5.69 Å². The monoisotopic (exact) mass is 369 g/mol. The number of rotatable bonds is 8. The summed E-state index contributed by atoms with van der Waals surface area (Å²) in [5, 5.41) is 5.35. The van der Waals surface area contributed by atoms with Gasteiger partial charge in [-0.05, 0) is 24.3 Å². The first-order chi connectivity index (χ1) is 11.4. The van der Waals surface area contributed by atoms with Gasteiger partial charge in [0.05, 0.1) is 17.2 Å². The van der Waals surface area contributed by atoms with E-state index in [4.69, 9.17) is 4.74 Å². The molecule has 2 N–H and O–H groups in total. The molecule has 2 rings (SSSR count). The molecule has 0 aliphatic rings. The summed E-state index contributed by atoms with van der Waals surface area (Å²) in [4.78, 5) is 15.5. The predicted octanol–water partition coefficient (Wildman–Crippen LogP) is 1.77. The number of methoxy groups -OCH3 is 1. The number of thiazole rings is 1. The predicted molar refractivity (Wildman–Crippen MR) is 92.5 cm³/mol. The molecule has 0 aliphatic carbocycles. The van der Waals surface area contributed by atoms with Gasteiger partial charge in [0.2, 0.25) is 15.9 Å². The molecule has 130 valence electrons. The normalized spacial score (nSPS) is 11.4. The number of carbonyl (C=O) groups excluding carboxylic acids is 1. The molecule has 1 aromatic carbocycles. The smallest absolute Gasteiger partial charge is 0.240 e. The fourth-order valence-electron chi connectivity index (χ4n) is 1.97. The van der Waals surface area contributed by atoms with Crippen molar-refractivity contribution in [1.82, 2.24) is 9.71 Å². The number of nitrogens with zero attached hydrogens (tertiary/aromatic N) is 1. The summed E-state index contributed by atoms with van der Waals surface area (Å²) in [6, 6.07) is 6.00. The molecule has 0 saturated heterocycles. The fraction of sp³-hybridized carbons (Fsp3) is 0.333. The molecule has 2 aromatic rings. The highest BCUT2D eigenvalue weighted by Gasteiger charge is 2.13. The number of nitrogens with one attached hydrogen (secondary N) is 2. The number of carbonyl (C=O) groups is 1. The lowest BCUT2D eigenvalue weighted by Gasteiger charge is -2.07. The molecule has 0 fully saturated rings. The molecule has 0 bridgehead atoms. The van der Waals surface area contributed by atoms with Crippen molar-refractivity contribution in [3.63, 3.8) is 0 Å².